The van der Waals surface area contributed by atoms with Crippen molar-refractivity contribution in [2.45, 2.75) is 37.6 Å². The van der Waals surface area contributed by atoms with E-state index in [1.807, 2.05) is 0 Å². The smallest absolute Gasteiger partial charge is 0.334 e. The Bertz CT molecular complexity index is 1360. The van der Waals surface area contributed by atoms with E-state index in [1.165, 1.54) is 0 Å². The number of carbonyl (C=O) groups is 2. The summed E-state index contributed by atoms with van der Waals surface area (Å²) in [4.78, 5) is 30.9. The van der Waals surface area contributed by atoms with Gasteiger partial charge in [0.15, 0.2) is 32.9 Å². The number of hydrogen-bond donors (Lipinski definition) is 2. The Labute approximate surface area is 212 Å². The van der Waals surface area contributed by atoms with Gasteiger partial charge in [0.05, 0.1) is 17.2 Å². The average molecular weight is 568 g/mol. The molecule has 0 bridgehead atoms. The van der Waals surface area contributed by atoms with Gasteiger partial charge in [-0.1, -0.05) is 0 Å². The number of nitrogens with zero attached hydrogens (tertiary/aromatic N) is 3. The van der Waals surface area contributed by atoms with Crippen LogP contribution >= 0.6 is 0 Å². The highest BCUT2D eigenvalue weighted by molar-refractivity contribution is 7.91. The minimum atomic E-state index is -4.95. The Morgan fingerprint density at radius 2 is 1.74 bits per heavy atom. The number of nitrogens with two attached hydrogens (primary N) is 1. The molecule has 3 heterocycles. The molecule has 38 heavy (non-hydrogen) atoms. The first-order valence-corrected chi connectivity index (χ1v) is 13.3. The van der Waals surface area contributed by atoms with Crippen LogP contribution in [-0.4, -0.2) is 71.7 Å². The van der Waals surface area contributed by atoms with Crippen molar-refractivity contribution in [2.24, 2.45) is 5.73 Å². The molecule has 1 aromatic heterocycles. The van der Waals surface area contributed by atoms with E-state index in [9.17, 15) is 44.3 Å². The highest BCUT2D eigenvalue weighted by atomic mass is 32.2. The molecular formula is C22H23F6N5O4S. The standard InChI is InChI=1S/C22H23F6N5O4S/c23-13-8-15(25)14(24)6-11(13)5-12(29)7-18(34)16-9-30-10-17-19(22(26,27)28)31-20(33(16)17)21(35)32-1-3-38(36,37)4-2-32/h6,8,12,16,30H,1-5,7,9-10,29H2. The van der Waals surface area contributed by atoms with Gasteiger partial charge in [-0.15, -0.1) is 0 Å². The molecule has 2 aliphatic rings. The number of alkyl halides is 3. The highest BCUT2D eigenvalue weighted by Crippen LogP contribution is 2.35. The lowest BCUT2D eigenvalue weighted by Gasteiger charge is -2.30. The number of ketones is 1. The number of benzene rings is 1. The van der Waals surface area contributed by atoms with E-state index >= 15 is 0 Å². The quantitative estimate of drug-likeness (QED) is 0.399. The van der Waals surface area contributed by atoms with Crippen LogP contribution in [0.4, 0.5) is 26.3 Å². The van der Waals surface area contributed by atoms with Crippen molar-refractivity contribution in [1.82, 2.24) is 19.8 Å². The van der Waals surface area contributed by atoms with E-state index in [0.717, 1.165) is 9.47 Å². The number of nitrogens with one attached hydrogen (secondary N) is 1. The molecule has 0 radical (unpaired) electrons. The summed E-state index contributed by atoms with van der Waals surface area (Å²) in [6, 6.07) is -1.50. The Hall–Kier alpha value is -2.98. The van der Waals surface area contributed by atoms with Gasteiger partial charge in [-0.25, -0.2) is 26.6 Å². The molecule has 0 saturated carbocycles. The molecule has 2 aromatic rings. The van der Waals surface area contributed by atoms with Crippen LogP contribution in [0.2, 0.25) is 0 Å². The van der Waals surface area contributed by atoms with Gasteiger partial charge < -0.3 is 20.5 Å². The minimum Gasteiger partial charge on any atom is -0.334 e. The van der Waals surface area contributed by atoms with Crippen LogP contribution in [0.1, 0.15) is 40.0 Å². The summed E-state index contributed by atoms with van der Waals surface area (Å²) in [7, 11) is -3.39. The van der Waals surface area contributed by atoms with Crippen LogP contribution in [0.3, 0.4) is 0 Å². The van der Waals surface area contributed by atoms with Gasteiger partial charge in [0, 0.05) is 44.7 Å². The molecule has 4 rings (SSSR count). The summed E-state index contributed by atoms with van der Waals surface area (Å²) in [5, 5.41) is 2.69. The van der Waals surface area contributed by atoms with E-state index in [1.54, 1.807) is 0 Å². The third kappa shape index (κ3) is 5.71. The van der Waals surface area contributed by atoms with E-state index in [-0.39, 0.29) is 49.7 Å². The molecule has 3 N–H and O–H groups in total. The normalized spacial score (nSPS) is 20.2. The summed E-state index contributed by atoms with van der Waals surface area (Å²) in [6.45, 7) is -1.00. The fourth-order valence-electron chi connectivity index (χ4n) is 4.55. The number of carbonyl (C=O) groups excluding carboxylic acids is 2. The summed E-state index contributed by atoms with van der Waals surface area (Å²) in [5.41, 5.74) is 3.85. The highest BCUT2D eigenvalue weighted by Gasteiger charge is 2.44. The zero-order valence-electron chi connectivity index (χ0n) is 19.7. The van der Waals surface area contributed by atoms with Crippen molar-refractivity contribution < 1.29 is 44.3 Å². The van der Waals surface area contributed by atoms with E-state index in [4.69, 9.17) is 5.73 Å². The van der Waals surface area contributed by atoms with Crippen LogP contribution < -0.4 is 11.1 Å². The van der Waals surface area contributed by atoms with Gasteiger partial charge in [-0.3, -0.25) is 9.59 Å². The third-order valence-electron chi connectivity index (χ3n) is 6.45. The lowest BCUT2D eigenvalue weighted by molar-refractivity contribution is -0.142. The molecule has 0 spiro atoms. The lowest BCUT2D eigenvalue weighted by Crippen LogP contribution is -2.46. The number of Topliss-reactive ketones (excluding diaryl/α,β-unsaturated/α-hetero) is 1. The van der Waals surface area contributed by atoms with E-state index in [0.29, 0.717) is 12.1 Å². The second-order valence-corrected chi connectivity index (χ2v) is 11.5. The summed E-state index contributed by atoms with van der Waals surface area (Å²) >= 11 is 0. The Morgan fingerprint density at radius 1 is 1.11 bits per heavy atom. The van der Waals surface area contributed by atoms with Gasteiger partial charge in [0.25, 0.3) is 5.91 Å². The molecule has 2 atom stereocenters. The molecule has 0 aliphatic carbocycles. The predicted molar refractivity (Wildman–Crippen MR) is 120 cm³/mol. The van der Waals surface area contributed by atoms with E-state index in [2.05, 4.69) is 10.3 Å². The molecule has 208 valence electrons. The fourth-order valence-corrected chi connectivity index (χ4v) is 5.75. The Balaban J connectivity index is 1.62. The van der Waals surface area contributed by atoms with E-state index < -0.39 is 80.9 Å². The Morgan fingerprint density at radius 3 is 2.37 bits per heavy atom. The maximum Gasteiger partial charge on any atom is 0.435 e. The summed E-state index contributed by atoms with van der Waals surface area (Å²) < 4.78 is 106. The number of fused-ring (bicyclic) bond motifs is 1. The van der Waals surface area contributed by atoms with Gasteiger partial charge >= 0.3 is 6.18 Å². The van der Waals surface area contributed by atoms with Gasteiger partial charge in [0.2, 0.25) is 5.82 Å². The summed E-state index contributed by atoms with van der Waals surface area (Å²) in [5.74, 6) is -6.83. The van der Waals surface area contributed by atoms with Crippen LogP contribution in [0.25, 0.3) is 0 Å². The van der Waals surface area contributed by atoms with Crippen molar-refractivity contribution in [3.8, 4) is 0 Å². The maximum atomic E-state index is 14.0. The average Bonchev–Trinajstić information content (AvgIpc) is 3.22. The van der Waals surface area contributed by atoms with Crippen molar-refractivity contribution >= 4 is 21.5 Å². The number of hydrogen-bond acceptors (Lipinski definition) is 7. The molecular weight excluding hydrogens is 544 g/mol. The zero-order chi connectivity index (χ0) is 28.0. The molecule has 2 unspecified atom stereocenters. The molecule has 9 nitrogen and oxygen atoms in total. The first-order chi connectivity index (χ1) is 17.7. The summed E-state index contributed by atoms with van der Waals surface area (Å²) in [6.07, 6.45) is -5.80. The third-order valence-corrected chi connectivity index (χ3v) is 8.06. The number of aromatic nitrogens is 2. The van der Waals surface area contributed by atoms with Crippen LogP contribution in [-0.2, 0) is 33.8 Å². The fraction of sp³-hybridized carbons (Fsp3) is 0.500. The van der Waals surface area contributed by atoms with Crippen molar-refractivity contribution in [3.05, 3.63) is 52.4 Å². The molecule has 2 aliphatic heterocycles. The van der Waals surface area contributed by atoms with Crippen molar-refractivity contribution in [3.63, 3.8) is 0 Å². The van der Waals surface area contributed by atoms with Gasteiger partial charge in [-0.05, 0) is 18.1 Å². The largest absolute Gasteiger partial charge is 0.435 e. The zero-order valence-corrected chi connectivity index (χ0v) is 20.5. The number of halogens is 6. The molecule has 1 saturated heterocycles. The molecule has 1 fully saturated rings. The molecule has 1 aromatic carbocycles. The number of rotatable bonds is 6. The number of amides is 1. The van der Waals surface area contributed by atoms with Crippen molar-refractivity contribution in [2.75, 3.05) is 31.1 Å². The van der Waals surface area contributed by atoms with Crippen molar-refractivity contribution in [1.29, 1.82) is 0 Å². The minimum absolute atomic E-state index is 0.166. The predicted octanol–water partition coefficient (Wildman–Crippen LogP) is 1.36. The number of imidazole rings is 1. The molecule has 16 heteroatoms. The first kappa shape index (κ1) is 28.0. The second-order valence-electron chi connectivity index (χ2n) is 9.18. The van der Waals surface area contributed by atoms with Crippen LogP contribution in [0, 0.1) is 17.5 Å². The Kier molecular flexibility index (Phi) is 7.60. The monoisotopic (exact) mass is 567 g/mol. The van der Waals surface area contributed by atoms with Crippen LogP contribution in [0.5, 0.6) is 0 Å². The van der Waals surface area contributed by atoms with Gasteiger partial charge in [-0.2, -0.15) is 13.2 Å². The van der Waals surface area contributed by atoms with Crippen LogP contribution in [0.15, 0.2) is 12.1 Å². The topological polar surface area (TPSA) is 127 Å². The second kappa shape index (κ2) is 10.3. The SMILES string of the molecule is NC(CC(=O)C1CNCc2c(C(F)(F)F)nc(C(=O)N3CCS(=O)(=O)CC3)n21)Cc1cc(F)c(F)cc1F. The lowest BCUT2D eigenvalue weighted by atomic mass is 9.97. The van der Waals surface area contributed by atoms with Gasteiger partial charge in [0.1, 0.15) is 11.9 Å². The first-order valence-electron chi connectivity index (χ1n) is 11.5. The maximum absolute atomic E-state index is 14.0. The molecule has 1 amide bonds. The number of sulfone groups is 1.